The van der Waals surface area contributed by atoms with Crippen molar-refractivity contribution in [2.45, 2.75) is 70.6 Å². The molecule has 2 N–H and O–H groups in total. The lowest BCUT2D eigenvalue weighted by atomic mass is 9.94. The quantitative estimate of drug-likeness (QED) is 0.484. The predicted molar refractivity (Wildman–Crippen MR) is 83.7 cm³/mol. The van der Waals surface area contributed by atoms with E-state index in [1.165, 1.54) is 21.1 Å². The van der Waals surface area contributed by atoms with Gasteiger partial charge >= 0.3 is 0 Å². The standard InChI is InChI=1S/C16H32O7/c1-7-8-9-21-14-13(11(2)12(17)10-22-14)23-16(4,20-6)15(3,18)19-5/h11-14,17-18H,7-10H2,1-6H3/t11-,12+,13+,14-,15-,16+/m1/s1. The van der Waals surface area contributed by atoms with E-state index in [0.29, 0.717) is 6.61 Å². The first-order valence-corrected chi connectivity index (χ1v) is 8.14. The van der Waals surface area contributed by atoms with Crippen molar-refractivity contribution in [2.24, 2.45) is 5.92 Å². The molecule has 23 heavy (non-hydrogen) atoms. The molecule has 0 saturated carbocycles. The molecule has 0 radical (unpaired) electrons. The van der Waals surface area contributed by atoms with Crippen LogP contribution in [0, 0.1) is 5.92 Å². The number of hydrogen-bond acceptors (Lipinski definition) is 7. The van der Waals surface area contributed by atoms with Crippen molar-refractivity contribution in [3.8, 4) is 0 Å². The van der Waals surface area contributed by atoms with Crippen LogP contribution in [0.5, 0.6) is 0 Å². The molecule has 0 aliphatic carbocycles. The molecular formula is C16H32O7. The summed E-state index contributed by atoms with van der Waals surface area (Å²) in [7, 11) is 2.79. The van der Waals surface area contributed by atoms with E-state index < -0.39 is 30.1 Å². The largest absolute Gasteiger partial charge is 0.390 e. The zero-order valence-corrected chi connectivity index (χ0v) is 15.1. The Morgan fingerprint density at radius 1 is 1.22 bits per heavy atom. The molecule has 0 amide bonds. The van der Waals surface area contributed by atoms with E-state index in [9.17, 15) is 10.2 Å². The van der Waals surface area contributed by atoms with Gasteiger partial charge in [-0.25, -0.2) is 0 Å². The first kappa shape index (κ1) is 20.8. The predicted octanol–water partition coefficient (Wildman–Crippen LogP) is 1.26. The van der Waals surface area contributed by atoms with E-state index in [-0.39, 0.29) is 12.5 Å². The van der Waals surface area contributed by atoms with Gasteiger partial charge in [-0.1, -0.05) is 20.3 Å². The molecule has 1 saturated heterocycles. The van der Waals surface area contributed by atoms with Crippen LogP contribution in [-0.2, 0) is 23.7 Å². The minimum Gasteiger partial charge on any atom is -0.390 e. The average molecular weight is 336 g/mol. The fourth-order valence-corrected chi connectivity index (χ4v) is 2.35. The Hall–Kier alpha value is -0.280. The van der Waals surface area contributed by atoms with Gasteiger partial charge in [0, 0.05) is 26.7 Å². The lowest BCUT2D eigenvalue weighted by Gasteiger charge is -2.46. The summed E-state index contributed by atoms with van der Waals surface area (Å²) < 4.78 is 27.8. The van der Waals surface area contributed by atoms with Crippen LogP contribution in [0.1, 0.15) is 40.5 Å². The summed E-state index contributed by atoms with van der Waals surface area (Å²) >= 11 is 0. The lowest BCUT2D eigenvalue weighted by molar-refractivity contribution is -0.408. The molecule has 0 unspecified atom stereocenters. The second kappa shape index (κ2) is 8.71. The van der Waals surface area contributed by atoms with Crippen LogP contribution in [0.3, 0.4) is 0 Å². The third-order valence-corrected chi connectivity index (χ3v) is 4.60. The summed E-state index contributed by atoms with van der Waals surface area (Å²) in [4.78, 5) is 0. The molecule has 0 aromatic heterocycles. The summed E-state index contributed by atoms with van der Waals surface area (Å²) in [6.45, 7) is 7.67. The minimum atomic E-state index is -1.68. The molecule has 1 fully saturated rings. The van der Waals surface area contributed by atoms with Crippen molar-refractivity contribution in [3.63, 3.8) is 0 Å². The fraction of sp³-hybridized carbons (Fsp3) is 1.00. The minimum absolute atomic E-state index is 0.183. The molecule has 138 valence electrons. The van der Waals surface area contributed by atoms with Crippen LogP contribution in [0.25, 0.3) is 0 Å². The summed E-state index contributed by atoms with van der Waals surface area (Å²) in [6.07, 6.45) is -0.0188. The maximum atomic E-state index is 10.4. The zero-order valence-electron chi connectivity index (χ0n) is 15.1. The van der Waals surface area contributed by atoms with Crippen LogP contribution in [0.15, 0.2) is 0 Å². The van der Waals surface area contributed by atoms with Gasteiger partial charge in [0.1, 0.15) is 6.10 Å². The molecule has 7 nitrogen and oxygen atoms in total. The Bertz CT molecular complexity index is 349. The smallest absolute Gasteiger partial charge is 0.220 e. The van der Waals surface area contributed by atoms with E-state index in [1.54, 1.807) is 6.92 Å². The molecule has 0 aromatic carbocycles. The number of aliphatic hydroxyl groups is 2. The number of hydrogen-bond donors (Lipinski definition) is 2. The van der Waals surface area contributed by atoms with Crippen LogP contribution in [0.2, 0.25) is 0 Å². The molecule has 0 aromatic rings. The molecule has 1 aliphatic rings. The van der Waals surface area contributed by atoms with Crippen molar-refractivity contribution in [3.05, 3.63) is 0 Å². The van der Waals surface area contributed by atoms with E-state index in [2.05, 4.69) is 6.92 Å². The highest BCUT2D eigenvalue weighted by Gasteiger charge is 2.51. The van der Waals surface area contributed by atoms with Crippen molar-refractivity contribution in [1.82, 2.24) is 0 Å². The number of aliphatic hydroxyl groups excluding tert-OH is 1. The first-order chi connectivity index (χ1) is 10.7. The molecular weight excluding hydrogens is 304 g/mol. The van der Waals surface area contributed by atoms with Crippen LogP contribution in [0.4, 0.5) is 0 Å². The topological polar surface area (TPSA) is 86.6 Å². The highest BCUT2D eigenvalue weighted by Crippen LogP contribution is 2.34. The van der Waals surface area contributed by atoms with Gasteiger partial charge in [-0.05, 0) is 20.3 Å². The van der Waals surface area contributed by atoms with Gasteiger partial charge in [-0.2, -0.15) is 0 Å². The second-order valence-corrected chi connectivity index (χ2v) is 6.27. The van der Waals surface area contributed by atoms with Gasteiger partial charge in [0.25, 0.3) is 0 Å². The summed E-state index contributed by atoms with van der Waals surface area (Å²) in [5.74, 6) is -3.39. The Kier molecular flexibility index (Phi) is 7.86. The van der Waals surface area contributed by atoms with Crippen molar-refractivity contribution < 1.29 is 33.9 Å². The molecule has 0 spiro atoms. The molecule has 1 aliphatic heterocycles. The Labute approximate surface area is 138 Å². The normalized spacial score (nSPS) is 33.9. The van der Waals surface area contributed by atoms with Gasteiger partial charge in [0.15, 0.2) is 6.29 Å². The summed E-state index contributed by atoms with van der Waals surface area (Å²) in [6, 6.07) is 0. The monoisotopic (exact) mass is 336 g/mol. The zero-order chi connectivity index (χ0) is 17.7. The SMILES string of the molecule is CCCCO[C@@H]1OC[C@H](O)[C@@H](C)[C@@H]1O[C@](C)(OC)[C@](C)(O)OC. The molecule has 7 heteroatoms. The van der Waals surface area contributed by atoms with Crippen LogP contribution in [-0.4, -0.2) is 67.7 Å². The van der Waals surface area contributed by atoms with Gasteiger partial charge in [0.05, 0.1) is 12.7 Å². The third-order valence-electron chi connectivity index (χ3n) is 4.60. The Balaban J connectivity index is 2.91. The number of ether oxygens (including phenoxy) is 5. The second-order valence-electron chi connectivity index (χ2n) is 6.27. The number of rotatable bonds is 9. The molecule has 1 heterocycles. The van der Waals surface area contributed by atoms with Gasteiger partial charge in [-0.15, -0.1) is 0 Å². The van der Waals surface area contributed by atoms with Crippen molar-refractivity contribution >= 4 is 0 Å². The first-order valence-electron chi connectivity index (χ1n) is 8.14. The van der Waals surface area contributed by atoms with E-state index in [4.69, 9.17) is 23.7 Å². The number of unbranched alkanes of at least 4 members (excludes halogenated alkanes) is 1. The lowest BCUT2D eigenvalue weighted by Crippen LogP contribution is -2.61. The number of methoxy groups -OCH3 is 2. The highest BCUT2D eigenvalue weighted by atomic mass is 16.8. The van der Waals surface area contributed by atoms with Gasteiger partial charge < -0.3 is 33.9 Å². The van der Waals surface area contributed by atoms with Crippen LogP contribution < -0.4 is 0 Å². The third kappa shape index (κ3) is 4.85. The van der Waals surface area contributed by atoms with E-state index in [1.807, 2.05) is 6.92 Å². The van der Waals surface area contributed by atoms with Gasteiger partial charge in [-0.3, -0.25) is 0 Å². The van der Waals surface area contributed by atoms with E-state index in [0.717, 1.165) is 12.8 Å². The maximum Gasteiger partial charge on any atom is 0.220 e. The molecule has 0 bridgehead atoms. The Morgan fingerprint density at radius 2 is 1.87 bits per heavy atom. The summed E-state index contributed by atoms with van der Waals surface area (Å²) in [5, 5.41) is 20.5. The highest BCUT2D eigenvalue weighted by molar-refractivity contribution is 4.87. The van der Waals surface area contributed by atoms with Gasteiger partial charge in [0.2, 0.25) is 11.6 Å². The maximum absolute atomic E-state index is 10.4. The fourth-order valence-electron chi connectivity index (χ4n) is 2.35. The van der Waals surface area contributed by atoms with Crippen LogP contribution >= 0.6 is 0 Å². The average Bonchev–Trinajstić information content (AvgIpc) is 2.53. The van der Waals surface area contributed by atoms with Crippen molar-refractivity contribution in [2.75, 3.05) is 27.4 Å². The molecule has 6 atom stereocenters. The van der Waals surface area contributed by atoms with E-state index >= 15 is 0 Å². The summed E-state index contributed by atoms with van der Waals surface area (Å²) in [5.41, 5.74) is 0. The molecule has 1 rings (SSSR count). The van der Waals surface area contributed by atoms with Crippen molar-refractivity contribution in [1.29, 1.82) is 0 Å². The Morgan fingerprint density at radius 3 is 2.39 bits per heavy atom.